The lowest BCUT2D eigenvalue weighted by molar-refractivity contribution is -0.136. The maximum atomic E-state index is 13.1. The van der Waals surface area contributed by atoms with Crippen molar-refractivity contribution in [3.63, 3.8) is 0 Å². The first-order valence-electron chi connectivity index (χ1n) is 9.40. The summed E-state index contributed by atoms with van der Waals surface area (Å²) >= 11 is 12.3. The number of hydrogen-bond donors (Lipinski definition) is 0. The van der Waals surface area contributed by atoms with Crippen LogP contribution in [0, 0.1) is 0 Å². The topological polar surface area (TPSA) is 57.7 Å². The lowest BCUT2D eigenvalue weighted by Crippen LogP contribution is -2.50. The lowest BCUT2D eigenvalue weighted by Gasteiger charge is -2.35. The molecule has 2 fully saturated rings. The Morgan fingerprint density at radius 1 is 1.15 bits per heavy atom. The molecule has 0 bridgehead atoms. The van der Waals surface area contributed by atoms with Gasteiger partial charge in [0.15, 0.2) is 9.84 Å². The zero-order chi connectivity index (χ0) is 19.6. The summed E-state index contributed by atoms with van der Waals surface area (Å²) in [6.07, 6.45) is 4.68. The SMILES string of the molecule is CN(CC(=O)N(C1CCCC1)C1CCS(=O)(=O)C1)Cc1cccc(Cl)c1Cl. The highest BCUT2D eigenvalue weighted by Crippen LogP contribution is 2.30. The number of carbonyl (C=O) groups is 1. The molecule has 150 valence electrons. The van der Waals surface area contributed by atoms with Crippen LogP contribution in [-0.2, 0) is 21.2 Å². The van der Waals surface area contributed by atoms with Crippen LogP contribution in [0.3, 0.4) is 0 Å². The van der Waals surface area contributed by atoms with E-state index in [4.69, 9.17) is 23.2 Å². The Bertz CT molecular complexity index is 794. The Labute approximate surface area is 171 Å². The molecule has 1 unspecified atom stereocenters. The van der Waals surface area contributed by atoms with Gasteiger partial charge >= 0.3 is 0 Å². The normalized spacial score (nSPS) is 22.4. The van der Waals surface area contributed by atoms with Crippen molar-refractivity contribution in [2.45, 2.75) is 50.7 Å². The van der Waals surface area contributed by atoms with Crippen LogP contribution in [0.2, 0.25) is 10.0 Å². The first-order chi connectivity index (χ1) is 12.8. The second kappa shape index (κ2) is 8.68. The van der Waals surface area contributed by atoms with E-state index in [2.05, 4.69) is 0 Å². The Morgan fingerprint density at radius 2 is 1.85 bits per heavy atom. The average Bonchev–Trinajstić information content (AvgIpc) is 3.22. The van der Waals surface area contributed by atoms with E-state index in [-0.39, 0.29) is 36.0 Å². The van der Waals surface area contributed by atoms with Gasteiger partial charge in [0, 0.05) is 18.6 Å². The molecule has 8 heteroatoms. The highest BCUT2D eigenvalue weighted by atomic mass is 35.5. The highest BCUT2D eigenvalue weighted by molar-refractivity contribution is 7.91. The summed E-state index contributed by atoms with van der Waals surface area (Å²) < 4.78 is 23.9. The van der Waals surface area contributed by atoms with E-state index in [1.54, 1.807) is 6.07 Å². The first-order valence-corrected chi connectivity index (χ1v) is 12.0. The number of hydrogen-bond acceptors (Lipinski definition) is 4. The number of sulfone groups is 1. The third-order valence-electron chi connectivity index (χ3n) is 5.48. The third kappa shape index (κ3) is 5.17. The summed E-state index contributed by atoms with van der Waals surface area (Å²) in [6.45, 7) is 0.739. The Morgan fingerprint density at radius 3 is 2.48 bits per heavy atom. The van der Waals surface area contributed by atoms with E-state index in [0.717, 1.165) is 31.2 Å². The second-order valence-electron chi connectivity index (χ2n) is 7.68. The van der Waals surface area contributed by atoms with Crippen LogP contribution in [0.25, 0.3) is 0 Å². The molecular formula is C19H26Cl2N2O3S. The molecule has 27 heavy (non-hydrogen) atoms. The molecule has 1 atom stereocenters. The van der Waals surface area contributed by atoms with Gasteiger partial charge < -0.3 is 4.90 Å². The zero-order valence-corrected chi connectivity index (χ0v) is 17.9. The van der Waals surface area contributed by atoms with Crippen LogP contribution >= 0.6 is 23.2 Å². The summed E-state index contributed by atoms with van der Waals surface area (Å²) in [7, 11) is -1.16. The van der Waals surface area contributed by atoms with Crippen LogP contribution in [0.1, 0.15) is 37.7 Å². The van der Waals surface area contributed by atoms with Crippen molar-refractivity contribution < 1.29 is 13.2 Å². The van der Waals surface area contributed by atoms with E-state index in [1.165, 1.54) is 0 Å². The van der Waals surface area contributed by atoms with E-state index in [0.29, 0.717) is 23.0 Å². The number of benzene rings is 1. The molecule has 1 heterocycles. The summed E-state index contributed by atoms with van der Waals surface area (Å²) in [5, 5.41) is 1.01. The summed E-state index contributed by atoms with van der Waals surface area (Å²) in [5.74, 6) is 0.283. The molecule has 0 N–H and O–H groups in total. The smallest absolute Gasteiger partial charge is 0.237 e. The summed E-state index contributed by atoms with van der Waals surface area (Å²) in [4.78, 5) is 16.9. The average molecular weight is 433 g/mol. The number of amides is 1. The maximum Gasteiger partial charge on any atom is 0.237 e. The zero-order valence-electron chi connectivity index (χ0n) is 15.5. The Kier molecular flexibility index (Phi) is 6.72. The molecule has 3 rings (SSSR count). The molecule has 1 aromatic carbocycles. The molecular weight excluding hydrogens is 407 g/mol. The molecule has 1 amide bonds. The minimum Gasteiger partial charge on any atom is -0.335 e. The van der Waals surface area contributed by atoms with Crippen molar-refractivity contribution in [1.82, 2.24) is 9.80 Å². The lowest BCUT2D eigenvalue weighted by atomic mass is 10.1. The van der Waals surface area contributed by atoms with Crippen molar-refractivity contribution in [2.75, 3.05) is 25.1 Å². The number of rotatable bonds is 6. The molecule has 1 aliphatic heterocycles. The minimum atomic E-state index is -3.03. The molecule has 2 aliphatic rings. The fourth-order valence-electron chi connectivity index (χ4n) is 4.21. The van der Waals surface area contributed by atoms with Gasteiger partial charge in [0.25, 0.3) is 0 Å². The van der Waals surface area contributed by atoms with Crippen molar-refractivity contribution in [2.24, 2.45) is 0 Å². The Hall–Kier alpha value is -0.820. The van der Waals surface area contributed by atoms with Gasteiger partial charge in [0.2, 0.25) is 5.91 Å². The van der Waals surface area contributed by atoms with Crippen molar-refractivity contribution in [3.8, 4) is 0 Å². The fourth-order valence-corrected chi connectivity index (χ4v) is 6.30. The summed E-state index contributed by atoms with van der Waals surface area (Å²) in [5.41, 5.74) is 0.871. The van der Waals surface area contributed by atoms with Crippen LogP contribution in [0.15, 0.2) is 18.2 Å². The van der Waals surface area contributed by atoms with E-state index in [1.807, 2.05) is 29.0 Å². The molecule has 1 aromatic rings. The fraction of sp³-hybridized carbons (Fsp3) is 0.632. The van der Waals surface area contributed by atoms with Crippen molar-refractivity contribution in [3.05, 3.63) is 33.8 Å². The number of halogens is 2. The van der Waals surface area contributed by atoms with Gasteiger partial charge in [0.05, 0.1) is 28.1 Å². The Balaban J connectivity index is 1.69. The number of likely N-dealkylation sites (N-methyl/N-ethyl adjacent to an activating group) is 1. The van der Waals surface area contributed by atoms with Gasteiger partial charge in [-0.05, 0) is 37.9 Å². The van der Waals surface area contributed by atoms with Crippen LogP contribution in [0.4, 0.5) is 0 Å². The maximum absolute atomic E-state index is 13.1. The van der Waals surface area contributed by atoms with Crippen LogP contribution in [-0.4, -0.2) is 61.3 Å². The largest absolute Gasteiger partial charge is 0.335 e. The standard InChI is InChI=1S/C19H26Cl2N2O3S/c1-22(11-14-5-4-8-17(20)19(14)21)12-18(24)23(15-6-2-3-7-15)16-9-10-27(25,26)13-16/h4-5,8,15-16H,2-3,6-7,9-13H2,1H3. The monoisotopic (exact) mass is 432 g/mol. The molecule has 0 radical (unpaired) electrons. The van der Waals surface area contributed by atoms with Crippen molar-refractivity contribution in [1.29, 1.82) is 0 Å². The third-order valence-corrected chi connectivity index (χ3v) is 8.09. The predicted octanol–water partition coefficient (Wildman–Crippen LogP) is 3.38. The molecule has 1 saturated carbocycles. The van der Waals surface area contributed by atoms with Gasteiger partial charge in [-0.15, -0.1) is 0 Å². The molecule has 1 aliphatic carbocycles. The van der Waals surface area contributed by atoms with E-state index in [9.17, 15) is 13.2 Å². The van der Waals surface area contributed by atoms with Gasteiger partial charge in [-0.25, -0.2) is 8.42 Å². The van der Waals surface area contributed by atoms with Gasteiger partial charge in [0.1, 0.15) is 0 Å². The van der Waals surface area contributed by atoms with Crippen LogP contribution < -0.4 is 0 Å². The number of carbonyl (C=O) groups excluding carboxylic acids is 1. The molecule has 0 spiro atoms. The molecule has 0 aromatic heterocycles. The van der Waals surface area contributed by atoms with Crippen LogP contribution in [0.5, 0.6) is 0 Å². The summed E-state index contributed by atoms with van der Waals surface area (Å²) in [6, 6.07) is 5.45. The van der Waals surface area contributed by atoms with Gasteiger partial charge in [-0.2, -0.15) is 0 Å². The highest BCUT2D eigenvalue weighted by Gasteiger charge is 2.39. The minimum absolute atomic E-state index is 0.00431. The number of nitrogens with zero attached hydrogens (tertiary/aromatic N) is 2. The van der Waals surface area contributed by atoms with E-state index >= 15 is 0 Å². The first kappa shape index (κ1) is 20.9. The van der Waals surface area contributed by atoms with Gasteiger partial charge in [-0.1, -0.05) is 48.2 Å². The molecule has 1 saturated heterocycles. The van der Waals surface area contributed by atoms with Gasteiger partial charge in [-0.3, -0.25) is 9.69 Å². The molecule has 5 nitrogen and oxygen atoms in total. The van der Waals surface area contributed by atoms with Crippen molar-refractivity contribution >= 4 is 38.9 Å². The quantitative estimate of drug-likeness (QED) is 0.690. The van der Waals surface area contributed by atoms with E-state index < -0.39 is 9.84 Å². The predicted molar refractivity (Wildman–Crippen MR) is 109 cm³/mol. The second-order valence-corrected chi connectivity index (χ2v) is 10.7.